The highest BCUT2D eigenvalue weighted by Gasteiger charge is 2.52. The van der Waals surface area contributed by atoms with Gasteiger partial charge in [-0.15, -0.1) is 0 Å². The van der Waals surface area contributed by atoms with Gasteiger partial charge in [-0.3, -0.25) is 0 Å². The zero-order valence-corrected chi connectivity index (χ0v) is 9.37. The molecule has 1 saturated heterocycles. The third kappa shape index (κ3) is 1.95. The van der Waals surface area contributed by atoms with Crippen LogP contribution in [0.4, 0.5) is 4.79 Å². The molecule has 2 unspecified atom stereocenters. The normalized spacial score (nSPS) is 35.1. The van der Waals surface area contributed by atoms with Crippen LogP contribution < -0.4 is 5.73 Å². The molecule has 1 amide bonds. The first kappa shape index (κ1) is 10.7. The van der Waals surface area contributed by atoms with Crippen molar-refractivity contribution in [3.05, 3.63) is 0 Å². The zero-order valence-electron chi connectivity index (χ0n) is 9.37. The molecule has 0 bridgehead atoms. The lowest BCUT2D eigenvalue weighted by Crippen LogP contribution is -2.31. The number of amides is 1. The van der Waals surface area contributed by atoms with Gasteiger partial charge in [-0.2, -0.15) is 0 Å². The van der Waals surface area contributed by atoms with Gasteiger partial charge in [0.15, 0.2) is 0 Å². The smallest absolute Gasteiger partial charge is 0.409 e. The lowest BCUT2D eigenvalue weighted by molar-refractivity contribution is 0.124. The summed E-state index contributed by atoms with van der Waals surface area (Å²) < 4.78 is 4.75. The summed E-state index contributed by atoms with van der Waals surface area (Å²) in [5.74, 6) is 0.704. The van der Waals surface area contributed by atoms with Gasteiger partial charge >= 0.3 is 6.09 Å². The topological polar surface area (TPSA) is 55.6 Å². The Hall–Kier alpha value is -0.770. The lowest BCUT2D eigenvalue weighted by atomic mass is 9.94. The van der Waals surface area contributed by atoms with Crippen molar-refractivity contribution >= 4 is 6.09 Å². The number of nitrogens with zero attached hydrogens (tertiary/aromatic N) is 1. The number of nitrogens with two attached hydrogens (primary N) is 1. The van der Waals surface area contributed by atoms with Gasteiger partial charge in [-0.25, -0.2) is 4.79 Å². The number of likely N-dealkylation sites (tertiary alicyclic amines) is 1. The molecule has 0 aromatic carbocycles. The molecule has 1 spiro atoms. The van der Waals surface area contributed by atoms with Gasteiger partial charge < -0.3 is 15.4 Å². The second-order valence-corrected chi connectivity index (χ2v) is 4.81. The van der Waals surface area contributed by atoms with Crippen molar-refractivity contribution in [1.29, 1.82) is 0 Å². The second kappa shape index (κ2) is 4.00. The maximum absolute atomic E-state index is 11.4. The van der Waals surface area contributed by atoms with Crippen molar-refractivity contribution in [3.63, 3.8) is 0 Å². The highest BCUT2D eigenvalue weighted by atomic mass is 16.5. The molecular weight excluding hydrogens is 192 g/mol. The number of hydrogen-bond acceptors (Lipinski definition) is 3. The fraction of sp³-hybridized carbons (Fsp3) is 0.909. The first-order chi connectivity index (χ1) is 7.22. The van der Waals surface area contributed by atoms with Crippen LogP contribution >= 0.6 is 0 Å². The maximum Gasteiger partial charge on any atom is 0.409 e. The molecule has 1 aliphatic heterocycles. The Morgan fingerprint density at radius 3 is 2.93 bits per heavy atom. The molecule has 2 fully saturated rings. The molecule has 1 aliphatic carbocycles. The summed E-state index contributed by atoms with van der Waals surface area (Å²) in [6, 6.07) is 0. The molecule has 2 rings (SSSR count). The van der Waals surface area contributed by atoms with Gasteiger partial charge in [0.2, 0.25) is 0 Å². The minimum Gasteiger partial charge on any atom is -0.453 e. The van der Waals surface area contributed by atoms with Crippen molar-refractivity contribution < 1.29 is 9.53 Å². The highest BCUT2D eigenvalue weighted by molar-refractivity contribution is 5.67. The lowest BCUT2D eigenvalue weighted by Gasteiger charge is -2.18. The van der Waals surface area contributed by atoms with Gasteiger partial charge in [-0.1, -0.05) is 0 Å². The SMILES string of the molecule is COC(=O)N1CCCC2(CC1)CC2CN. The monoisotopic (exact) mass is 212 g/mol. The van der Waals surface area contributed by atoms with E-state index in [1.54, 1.807) is 0 Å². The molecule has 15 heavy (non-hydrogen) atoms. The Kier molecular flexibility index (Phi) is 2.87. The Labute approximate surface area is 90.8 Å². The molecule has 4 heteroatoms. The summed E-state index contributed by atoms with van der Waals surface area (Å²) in [5, 5.41) is 0. The predicted octanol–water partition coefficient (Wildman–Crippen LogP) is 1.20. The van der Waals surface area contributed by atoms with E-state index in [0.717, 1.165) is 32.5 Å². The minimum atomic E-state index is -0.183. The van der Waals surface area contributed by atoms with Gasteiger partial charge in [0, 0.05) is 13.1 Å². The van der Waals surface area contributed by atoms with Gasteiger partial charge in [-0.05, 0) is 43.6 Å². The molecule has 2 atom stereocenters. The van der Waals surface area contributed by atoms with Crippen LogP contribution in [0.3, 0.4) is 0 Å². The van der Waals surface area contributed by atoms with E-state index in [4.69, 9.17) is 10.5 Å². The number of methoxy groups -OCH3 is 1. The third-order valence-corrected chi connectivity index (χ3v) is 4.06. The minimum absolute atomic E-state index is 0.183. The van der Waals surface area contributed by atoms with E-state index in [1.807, 2.05) is 4.90 Å². The van der Waals surface area contributed by atoms with Crippen LogP contribution in [-0.4, -0.2) is 37.7 Å². The Morgan fingerprint density at radius 1 is 1.53 bits per heavy atom. The zero-order chi connectivity index (χ0) is 10.9. The van der Waals surface area contributed by atoms with Crippen LogP contribution in [0.15, 0.2) is 0 Å². The quantitative estimate of drug-likeness (QED) is 0.710. The second-order valence-electron chi connectivity index (χ2n) is 4.81. The van der Waals surface area contributed by atoms with E-state index in [2.05, 4.69) is 0 Å². The van der Waals surface area contributed by atoms with E-state index in [0.29, 0.717) is 11.3 Å². The number of carbonyl (C=O) groups is 1. The Balaban J connectivity index is 1.91. The Bertz CT molecular complexity index is 257. The first-order valence-corrected chi connectivity index (χ1v) is 5.75. The summed E-state index contributed by atoms with van der Waals surface area (Å²) in [6.45, 7) is 2.48. The van der Waals surface area contributed by atoms with E-state index in [-0.39, 0.29) is 6.09 Å². The van der Waals surface area contributed by atoms with E-state index >= 15 is 0 Å². The van der Waals surface area contributed by atoms with Crippen LogP contribution in [0.5, 0.6) is 0 Å². The van der Waals surface area contributed by atoms with Crippen molar-refractivity contribution in [2.24, 2.45) is 17.1 Å². The molecule has 1 saturated carbocycles. The Morgan fingerprint density at radius 2 is 2.33 bits per heavy atom. The molecule has 2 N–H and O–H groups in total. The summed E-state index contributed by atoms with van der Waals surface area (Å²) in [4.78, 5) is 13.2. The standard InChI is InChI=1S/C11H20N2O2/c1-15-10(14)13-5-2-3-11(4-6-13)7-9(11)8-12/h9H,2-8,12H2,1H3. The van der Waals surface area contributed by atoms with E-state index in [1.165, 1.54) is 20.0 Å². The van der Waals surface area contributed by atoms with E-state index in [9.17, 15) is 4.79 Å². The van der Waals surface area contributed by atoms with Crippen molar-refractivity contribution in [2.45, 2.75) is 25.7 Å². The fourth-order valence-electron chi connectivity index (χ4n) is 2.91. The fourth-order valence-corrected chi connectivity index (χ4v) is 2.91. The molecular formula is C11H20N2O2. The average molecular weight is 212 g/mol. The van der Waals surface area contributed by atoms with Gasteiger partial charge in [0.05, 0.1) is 7.11 Å². The van der Waals surface area contributed by atoms with Crippen molar-refractivity contribution in [1.82, 2.24) is 4.90 Å². The summed E-state index contributed by atoms with van der Waals surface area (Å²) >= 11 is 0. The van der Waals surface area contributed by atoms with Crippen LogP contribution in [0, 0.1) is 11.3 Å². The number of carbonyl (C=O) groups excluding carboxylic acids is 1. The average Bonchev–Trinajstić information content (AvgIpc) is 3.00. The predicted molar refractivity (Wildman–Crippen MR) is 57.4 cm³/mol. The first-order valence-electron chi connectivity index (χ1n) is 5.75. The maximum atomic E-state index is 11.4. The highest BCUT2D eigenvalue weighted by Crippen LogP contribution is 2.58. The van der Waals surface area contributed by atoms with Gasteiger partial charge in [0.1, 0.15) is 0 Å². The summed E-state index contributed by atoms with van der Waals surface area (Å²) in [5.41, 5.74) is 6.18. The molecule has 0 aromatic rings. The summed E-state index contributed by atoms with van der Waals surface area (Å²) in [7, 11) is 1.45. The number of rotatable bonds is 1. The van der Waals surface area contributed by atoms with Crippen LogP contribution in [0.2, 0.25) is 0 Å². The number of hydrogen-bond donors (Lipinski definition) is 1. The molecule has 86 valence electrons. The molecule has 4 nitrogen and oxygen atoms in total. The molecule has 0 radical (unpaired) electrons. The molecule has 2 aliphatic rings. The van der Waals surface area contributed by atoms with E-state index < -0.39 is 0 Å². The summed E-state index contributed by atoms with van der Waals surface area (Å²) in [6.07, 6.45) is 4.49. The van der Waals surface area contributed by atoms with Crippen molar-refractivity contribution in [2.75, 3.05) is 26.7 Å². The van der Waals surface area contributed by atoms with Gasteiger partial charge in [0.25, 0.3) is 0 Å². The van der Waals surface area contributed by atoms with Crippen LogP contribution in [0.25, 0.3) is 0 Å². The van der Waals surface area contributed by atoms with Crippen LogP contribution in [-0.2, 0) is 4.74 Å². The molecule has 0 aromatic heterocycles. The third-order valence-electron chi connectivity index (χ3n) is 4.06. The van der Waals surface area contributed by atoms with Crippen LogP contribution in [0.1, 0.15) is 25.7 Å². The largest absolute Gasteiger partial charge is 0.453 e. The number of ether oxygens (including phenoxy) is 1. The van der Waals surface area contributed by atoms with Crippen molar-refractivity contribution in [3.8, 4) is 0 Å². The molecule has 1 heterocycles.